The summed E-state index contributed by atoms with van der Waals surface area (Å²) in [6, 6.07) is 12.8. The third-order valence-corrected chi connectivity index (χ3v) is 3.84. The molecule has 3 rings (SSSR count). The SMILES string of the molecule is CC1(C)OC(=O)C(=Cc2cccc(OCc3ccc([N+](=O)[O-])cc3)c2)C(=O)O1. The Kier molecular flexibility index (Phi) is 5.12. The molecule has 0 saturated carbocycles. The molecule has 0 spiro atoms. The minimum absolute atomic E-state index is 0.00630. The lowest BCUT2D eigenvalue weighted by Crippen LogP contribution is -2.41. The highest BCUT2D eigenvalue weighted by atomic mass is 16.7. The van der Waals surface area contributed by atoms with Gasteiger partial charge in [-0.15, -0.1) is 0 Å². The normalized spacial score (nSPS) is 15.4. The number of rotatable bonds is 5. The number of benzene rings is 2. The minimum Gasteiger partial charge on any atom is -0.489 e. The molecular weight excluding hydrogens is 366 g/mol. The maximum atomic E-state index is 12.0. The highest BCUT2D eigenvalue weighted by molar-refractivity contribution is 6.18. The maximum Gasteiger partial charge on any atom is 0.348 e. The highest BCUT2D eigenvalue weighted by Crippen LogP contribution is 2.25. The molecule has 0 aliphatic carbocycles. The van der Waals surface area contributed by atoms with Crippen molar-refractivity contribution in [1.29, 1.82) is 0 Å². The summed E-state index contributed by atoms with van der Waals surface area (Å²) in [6.07, 6.45) is 1.37. The van der Waals surface area contributed by atoms with Gasteiger partial charge < -0.3 is 14.2 Å². The van der Waals surface area contributed by atoms with Crippen molar-refractivity contribution >= 4 is 23.7 Å². The van der Waals surface area contributed by atoms with Gasteiger partial charge in [0.25, 0.3) is 11.5 Å². The molecule has 0 atom stereocenters. The first-order valence-electron chi connectivity index (χ1n) is 8.38. The predicted octanol–water partition coefficient (Wildman–Crippen LogP) is 3.39. The molecule has 0 unspecified atom stereocenters. The molecule has 1 saturated heterocycles. The molecule has 0 radical (unpaired) electrons. The van der Waals surface area contributed by atoms with Crippen LogP contribution in [0, 0.1) is 10.1 Å². The summed E-state index contributed by atoms with van der Waals surface area (Å²) in [4.78, 5) is 34.3. The van der Waals surface area contributed by atoms with Gasteiger partial charge in [0.15, 0.2) is 0 Å². The van der Waals surface area contributed by atoms with Gasteiger partial charge in [0, 0.05) is 26.0 Å². The lowest BCUT2D eigenvalue weighted by Gasteiger charge is -2.29. The lowest BCUT2D eigenvalue weighted by atomic mass is 10.1. The zero-order valence-electron chi connectivity index (χ0n) is 15.2. The summed E-state index contributed by atoms with van der Waals surface area (Å²) < 4.78 is 15.8. The fourth-order valence-corrected chi connectivity index (χ4v) is 2.52. The van der Waals surface area contributed by atoms with Crippen LogP contribution in [0.15, 0.2) is 54.1 Å². The van der Waals surface area contributed by atoms with Gasteiger partial charge in [-0.25, -0.2) is 9.59 Å². The quantitative estimate of drug-likeness (QED) is 0.256. The molecule has 144 valence electrons. The van der Waals surface area contributed by atoms with E-state index in [4.69, 9.17) is 14.2 Å². The molecule has 1 aliphatic rings. The van der Waals surface area contributed by atoms with Crippen LogP contribution in [0.3, 0.4) is 0 Å². The Morgan fingerprint density at radius 3 is 2.32 bits per heavy atom. The number of carbonyl (C=O) groups excluding carboxylic acids is 2. The predicted molar refractivity (Wildman–Crippen MR) is 98.1 cm³/mol. The van der Waals surface area contributed by atoms with E-state index in [0.29, 0.717) is 11.3 Å². The van der Waals surface area contributed by atoms with E-state index in [1.807, 2.05) is 0 Å². The summed E-state index contributed by atoms with van der Waals surface area (Å²) in [5.41, 5.74) is 1.12. The van der Waals surface area contributed by atoms with Crippen LogP contribution < -0.4 is 4.74 Å². The third-order valence-electron chi connectivity index (χ3n) is 3.84. The molecule has 1 aliphatic heterocycles. The van der Waals surface area contributed by atoms with Crippen LogP contribution in [0.1, 0.15) is 25.0 Å². The highest BCUT2D eigenvalue weighted by Gasteiger charge is 2.38. The van der Waals surface area contributed by atoms with E-state index in [0.717, 1.165) is 5.56 Å². The van der Waals surface area contributed by atoms with Gasteiger partial charge >= 0.3 is 11.9 Å². The van der Waals surface area contributed by atoms with E-state index in [9.17, 15) is 19.7 Å². The molecule has 0 aromatic heterocycles. The average Bonchev–Trinajstić information content (AvgIpc) is 2.63. The van der Waals surface area contributed by atoms with Gasteiger partial charge in [-0.2, -0.15) is 0 Å². The second kappa shape index (κ2) is 7.51. The van der Waals surface area contributed by atoms with Crippen LogP contribution in [-0.2, 0) is 25.7 Å². The van der Waals surface area contributed by atoms with E-state index in [1.54, 1.807) is 36.4 Å². The Morgan fingerprint density at radius 1 is 1.07 bits per heavy atom. The van der Waals surface area contributed by atoms with Crippen molar-refractivity contribution in [3.63, 3.8) is 0 Å². The van der Waals surface area contributed by atoms with Gasteiger partial charge in [-0.05, 0) is 41.5 Å². The van der Waals surface area contributed by atoms with Crippen molar-refractivity contribution in [3.05, 3.63) is 75.3 Å². The number of ether oxygens (including phenoxy) is 3. The zero-order valence-corrected chi connectivity index (χ0v) is 15.2. The molecule has 0 bridgehead atoms. The monoisotopic (exact) mass is 383 g/mol. The van der Waals surface area contributed by atoms with E-state index in [-0.39, 0.29) is 17.9 Å². The van der Waals surface area contributed by atoms with Crippen LogP contribution in [0.5, 0.6) is 5.75 Å². The van der Waals surface area contributed by atoms with E-state index in [1.165, 1.54) is 32.1 Å². The lowest BCUT2D eigenvalue weighted by molar-refractivity contribution is -0.384. The summed E-state index contributed by atoms with van der Waals surface area (Å²) >= 11 is 0. The Labute approximate surface area is 160 Å². The summed E-state index contributed by atoms with van der Waals surface area (Å²) in [5.74, 6) is -2.29. The molecule has 1 fully saturated rings. The Bertz CT molecular complexity index is 939. The minimum atomic E-state index is -1.29. The van der Waals surface area contributed by atoms with Gasteiger partial charge in [-0.1, -0.05) is 12.1 Å². The molecule has 28 heavy (non-hydrogen) atoms. The maximum absolute atomic E-state index is 12.0. The number of cyclic esters (lactones) is 2. The summed E-state index contributed by atoms with van der Waals surface area (Å²) in [6.45, 7) is 3.16. The zero-order chi connectivity index (χ0) is 20.3. The number of nitro groups is 1. The average molecular weight is 383 g/mol. The first-order valence-corrected chi connectivity index (χ1v) is 8.38. The number of non-ortho nitro benzene ring substituents is 1. The number of nitro benzene ring substituents is 1. The van der Waals surface area contributed by atoms with E-state index < -0.39 is 22.6 Å². The first-order chi connectivity index (χ1) is 13.2. The Hall–Kier alpha value is -3.68. The topological polar surface area (TPSA) is 105 Å². The molecular formula is C20H17NO7. The summed E-state index contributed by atoms with van der Waals surface area (Å²) in [5, 5.41) is 10.7. The van der Waals surface area contributed by atoms with Gasteiger partial charge in [0.1, 0.15) is 17.9 Å². The smallest absolute Gasteiger partial charge is 0.348 e. The van der Waals surface area contributed by atoms with Crippen molar-refractivity contribution in [2.75, 3.05) is 0 Å². The van der Waals surface area contributed by atoms with Crippen molar-refractivity contribution < 1.29 is 28.7 Å². The van der Waals surface area contributed by atoms with Crippen molar-refractivity contribution in [2.45, 2.75) is 26.2 Å². The fraction of sp³-hybridized carbons (Fsp3) is 0.200. The van der Waals surface area contributed by atoms with Crippen LogP contribution in [0.4, 0.5) is 5.69 Å². The Balaban J connectivity index is 1.71. The second-order valence-electron chi connectivity index (χ2n) is 6.52. The van der Waals surface area contributed by atoms with Gasteiger partial charge in [0.05, 0.1) is 4.92 Å². The van der Waals surface area contributed by atoms with Crippen LogP contribution in [0.2, 0.25) is 0 Å². The van der Waals surface area contributed by atoms with E-state index in [2.05, 4.69) is 0 Å². The fourth-order valence-electron chi connectivity index (χ4n) is 2.52. The molecule has 0 amide bonds. The number of hydrogen-bond donors (Lipinski definition) is 0. The second-order valence-corrected chi connectivity index (χ2v) is 6.52. The van der Waals surface area contributed by atoms with Crippen LogP contribution >= 0.6 is 0 Å². The number of carbonyl (C=O) groups is 2. The molecule has 2 aromatic carbocycles. The van der Waals surface area contributed by atoms with Crippen molar-refractivity contribution in [2.24, 2.45) is 0 Å². The Morgan fingerprint density at radius 2 is 1.71 bits per heavy atom. The number of hydrogen-bond acceptors (Lipinski definition) is 7. The molecule has 0 N–H and O–H groups in total. The van der Waals surface area contributed by atoms with Crippen molar-refractivity contribution in [1.82, 2.24) is 0 Å². The van der Waals surface area contributed by atoms with Gasteiger partial charge in [0.2, 0.25) is 0 Å². The summed E-state index contributed by atoms with van der Waals surface area (Å²) in [7, 11) is 0. The third kappa shape index (κ3) is 4.53. The van der Waals surface area contributed by atoms with E-state index >= 15 is 0 Å². The first kappa shape index (κ1) is 19.1. The molecule has 8 heteroatoms. The van der Waals surface area contributed by atoms with Gasteiger partial charge in [-0.3, -0.25) is 10.1 Å². The molecule has 1 heterocycles. The van der Waals surface area contributed by atoms with Crippen LogP contribution in [-0.4, -0.2) is 22.6 Å². The van der Waals surface area contributed by atoms with Crippen molar-refractivity contribution in [3.8, 4) is 5.75 Å². The van der Waals surface area contributed by atoms with Crippen LogP contribution in [0.25, 0.3) is 6.08 Å². The number of nitrogens with zero attached hydrogens (tertiary/aromatic N) is 1. The largest absolute Gasteiger partial charge is 0.489 e. The molecule has 2 aromatic rings. The molecule has 8 nitrogen and oxygen atoms in total. The number of esters is 2. The standard InChI is InChI=1S/C20H17NO7/c1-20(2)27-18(22)17(19(23)28-20)11-14-4-3-5-16(10-14)26-12-13-6-8-15(9-7-13)21(24)25/h3-11H,12H2,1-2H3.